The van der Waals surface area contributed by atoms with Gasteiger partial charge in [0.15, 0.2) is 0 Å². The molecule has 2 unspecified atom stereocenters. The molecule has 6 nitrogen and oxygen atoms in total. The lowest BCUT2D eigenvalue weighted by molar-refractivity contribution is -0.127. The largest absolute Gasteiger partial charge is 0.353 e. The summed E-state index contributed by atoms with van der Waals surface area (Å²) in [7, 11) is 0. The van der Waals surface area contributed by atoms with E-state index in [1.165, 1.54) is 5.56 Å². The van der Waals surface area contributed by atoms with Gasteiger partial charge in [-0.15, -0.1) is 0 Å². The van der Waals surface area contributed by atoms with Gasteiger partial charge in [0, 0.05) is 23.2 Å². The van der Waals surface area contributed by atoms with E-state index in [9.17, 15) is 4.79 Å². The van der Waals surface area contributed by atoms with Gasteiger partial charge in [0.2, 0.25) is 17.6 Å². The Morgan fingerprint density at radius 3 is 2.91 bits per heavy atom. The van der Waals surface area contributed by atoms with E-state index >= 15 is 0 Å². The van der Waals surface area contributed by atoms with Crippen LogP contribution in [0.3, 0.4) is 0 Å². The van der Waals surface area contributed by atoms with Crippen molar-refractivity contribution in [3.63, 3.8) is 0 Å². The first-order valence-corrected chi connectivity index (χ1v) is 11.6. The summed E-state index contributed by atoms with van der Waals surface area (Å²) in [6, 6.07) is 17.9. The first kappa shape index (κ1) is 22.5. The van der Waals surface area contributed by atoms with Crippen LogP contribution < -0.4 is 5.32 Å². The van der Waals surface area contributed by atoms with E-state index in [0.29, 0.717) is 29.8 Å². The molecule has 1 aliphatic heterocycles. The zero-order chi connectivity index (χ0) is 22.3. The molecule has 4 rings (SSSR count). The molecule has 7 heteroatoms. The van der Waals surface area contributed by atoms with Crippen LogP contribution in [-0.4, -0.2) is 40.1 Å². The number of amides is 1. The Kier molecular flexibility index (Phi) is 7.55. The number of piperidine rings is 1. The van der Waals surface area contributed by atoms with Crippen LogP contribution in [0.4, 0.5) is 0 Å². The molecule has 2 heterocycles. The number of carbonyl (C=O) groups excluding carboxylic acids is 1. The highest BCUT2D eigenvalue weighted by atomic mass is 35.5. The number of aryl methyl sites for hydroxylation is 1. The zero-order valence-electron chi connectivity index (χ0n) is 18.3. The van der Waals surface area contributed by atoms with E-state index in [-0.39, 0.29) is 17.9 Å². The Balaban J connectivity index is 1.27. The lowest BCUT2D eigenvalue weighted by atomic mass is 9.96. The van der Waals surface area contributed by atoms with E-state index < -0.39 is 0 Å². The van der Waals surface area contributed by atoms with E-state index in [1.807, 2.05) is 30.3 Å². The first-order chi connectivity index (χ1) is 15.6. The summed E-state index contributed by atoms with van der Waals surface area (Å²) < 4.78 is 5.45. The molecular weight excluding hydrogens is 424 g/mol. The van der Waals surface area contributed by atoms with Crippen molar-refractivity contribution in [2.24, 2.45) is 5.92 Å². The summed E-state index contributed by atoms with van der Waals surface area (Å²) in [5, 5.41) is 7.92. The molecule has 168 valence electrons. The molecule has 1 amide bonds. The highest BCUT2D eigenvalue weighted by molar-refractivity contribution is 6.30. The summed E-state index contributed by atoms with van der Waals surface area (Å²) in [6.07, 6.45) is 3.78. The van der Waals surface area contributed by atoms with Gasteiger partial charge in [-0.2, -0.15) is 4.98 Å². The number of likely N-dealkylation sites (tertiary alicyclic amines) is 1. The van der Waals surface area contributed by atoms with Gasteiger partial charge in [-0.25, -0.2) is 0 Å². The molecule has 0 aliphatic carbocycles. The summed E-state index contributed by atoms with van der Waals surface area (Å²) in [6.45, 7) is 4.24. The van der Waals surface area contributed by atoms with Gasteiger partial charge >= 0.3 is 0 Å². The van der Waals surface area contributed by atoms with Gasteiger partial charge in [0.25, 0.3) is 0 Å². The van der Waals surface area contributed by atoms with Gasteiger partial charge < -0.3 is 9.84 Å². The number of nitrogens with one attached hydrogen (secondary N) is 1. The molecule has 1 aliphatic rings. The highest BCUT2D eigenvalue weighted by Gasteiger charge is 2.27. The second kappa shape index (κ2) is 10.7. The van der Waals surface area contributed by atoms with Crippen LogP contribution in [0, 0.1) is 5.92 Å². The third-order valence-corrected chi connectivity index (χ3v) is 6.12. The van der Waals surface area contributed by atoms with Crippen LogP contribution in [0.15, 0.2) is 59.1 Å². The molecule has 1 saturated heterocycles. The van der Waals surface area contributed by atoms with Crippen molar-refractivity contribution >= 4 is 17.5 Å². The molecule has 32 heavy (non-hydrogen) atoms. The van der Waals surface area contributed by atoms with Crippen molar-refractivity contribution in [1.82, 2.24) is 20.4 Å². The fourth-order valence-electron chi connectivity index (χ4n) is 4.13. The minimum Gasteiger partial charge on any atom is -0.353 e. The molecule has 1 N–H and O–H groups in total. The van der Waals surface area contributed by atoms with Crippen molar-refractivity contribution < 1.29 is 9.32 Å². The highest BCUT2D eigenvalue weighted by Crippen LogP contribution is 2.22. The number of halogens is 1. The standard InChI is InChI=1S/C25H29ClN4O2/c1-18(12-13-19-7-3-2-4-8-19)27-25(31)21-10-6-14-30(16-21)17-23-28-24(29-32-23)20-9-5-11-22(26)15-20/h2-5,7-9,11,15,18,21H,6,10,12-14,16-17H2,1H3,(H,27,31). The van der Waals surface area contributed by atoms with Crippen LogP contribution in [0.25, 0.3) is 11.4 Å². The minimum atomic E-state index is -0.0155. The van der Waals surface area contributed by atoms with Crippen LogP contribution in [0.5, 0.6) is 0 Å². The SMILES string of the molecule is CC(CCc1ccccc1)NC(=O)C1CCCN(Cc2nc(-c3cccc(Cl)c3)no2)C1. The van der Waals surface area contributed by atoms with Gasteiger partial charge in [-0.05, 0) is 56.8 Å². The Morgan fingerprint density at radius 1 is 1.25 bits per heavy atom. The third kappa shape index (κ3) is 6.17. The van der Waals surface area contributed by atoms with E-state index in [4.69, 9.17) is 16.1 Å². The van der Waals surface area contributed by atoms with Crippen LogP contribution in [0.2, 0.25) is 5.02 Å². The fraction of sp³-hybridized carbons (Fsp3) is 0.400. The van der Waals surface area contributed by atoms with Crippen molar-refractivity contribution in [2.45, 2.75) is 45.2 Å². The number of benzene rings is 2. The lowest BCUT2D eigenvalue weighted by Crippen LogP contribution is -2.45. The predicted octanol–water partition coefficient (Wildman–Crippen LogP) is 4.74. The minimum absolute atomic E-state index is 0.0155. The summed E-state index contributed by atoms with van der Waals surface area (Å²) in [5.41, 5.74) is 2.13. The van der Waals surface area contributed by atoms with E-state index in [2.05, 4.69) is 51.5 Å². The van der Waals surface area contributed by atoms with Gasteiger partial charge in [0.05, 0.1) is 12.5 Å². The Morgan fingerprint density at radius 2 is 2.09 bits per heavy atom. The quantitative estimate of drug-likeness (QED) is 0.534. The number of hydrogen-bond donors (Lipinski definition) is 1. The normalized spacial score (nSPS) is 17.8. The van der Waals surface area contributed by atoms with Crippen LogP contribution >= 0.6 is 11.6 Å². The molecule has 0 saturated carbocycles. The molecule has 0 radical (unpaired) electrons. The predicted molar refractivity (Wildman–Crippen MR) is 125 cm³/mol. The van der Waals surface area contributed by atoms with E-state index in [0.717, 1.165) is 37.8 Å². The summed E-state index contributed by atoms with van der Waals surface area (Å²) in [4.78, 5) is 19.6. The summed E-state index contributed by atoms with van der Waals surface area (Å²) in [5.74, 6) is 1.21. The molecule has 1 aromatic heterocycles. The van der Waals surface area contributed by atoms with Crippen molar-refractivity contribution in [3.8, 4) is 11.4 Å². The second-order valence-electron chi connectivity index (χ2n) is 8.53. The molecule has 3 aromatic rings. The summed E-state index contributed by atoms with van der Waals surface area (Å²) >= 11 is 6.06. The van der Waals surface area contributed by atoms with Crippen molar-refractivity contribution in [1.29, 1.82) is 0 Å². The topological polar surface area (TPSA) is 71.3 Å². The average Bonchev–Trinajstić information content (AvgIpc) is 3.27. The van der Waals surface area contributed by atoms with Crippen molar-refractivity contribution in [2.75, 3.05) is 13.1 Å². The zero-order valence-corrected chi connectivity index (χ0v) is 19.1. The van der Waals surface area contributed by atoms with Gasteiger partial charge in [-0.3, -0.25) is 9.69 Å². The third-order valence-electron chi connectivity index (χ3n) is 5.88. The Bertz CT molecular complexity index is 1020. The molecular formula is C25H29ClN4O2. The molecule has 1 fully saturated rings. The fourth-order valence-corrected chi connectivity index (χ4v) is 4.32. The first-order valence-electron chi connectivity index (χ1n) is 11.2. The number of aromatic nitrogens is 2. The second-order valence-corrected chi connectivity index (χ2v) is 8.97. The lowest BCUT2D eigenvalue weighted by Gasteiger charge is -2.31. The molecule has 0 spiro atoms. The monoisotopic (exact) mass is 452 g/mol. The Labute approximate surface area is 194 Å². The molecule has 0 bridgehead atoms. The maximum Gasteiger partial charge on any atom is 0.241 e. The van der Waals surface area contributed by atoms with E-state index in [1.54, 1.807) is 0 Å². The maximum absolute atomic E-state index is 12.8. The number of rotatable bonds is 8. The number of hydrogen-bond acceptors (Lipinski definition) is 5. The number of carbonyl (C=O) groups is 1. The van der Waals surface area contributed by atoms with Gasteiger partial charge in [-0.1, -0.05) is 59.2 Å². The molecule has 2 aromatic carbocycles. The maximum atomic E-state index is 12.8. The van der Waals surface area contributed by atoms with Crippen LogP contribution in [0.1, 0.15) is 37.6 Å². The Hall–Kier alpha value is -2.70. The van der Waals surface area contributed by atoms with Crippen molar-refractivity contribution in [3.05, 3.63) is 71.1 Å². The number of nitrogens with zero attached hydrogens (tertiary/aromatic N) is 3. The average molecular weight is 453 g/mol. The van der Waals surface area contributed by atoms with Crippen LogP contribution in [-0.2, 0) is 17.8 Å². The smallest absolute Gasteiger partial charge is 0.241 e. The molecule has 2 atom stereocenters. The van der Waals surface area contributed by atoms with Gasteiger partial charge in [0.1, 0.15) is 0 Å².